The van der Waals surface area contributed by atoms with E-state index in [1.54, 1.807) is 7.11 Å². The normalized spacial score (nSPS) is 12.3. The molecule has 20 heavy (non-hydrogen) atoms. The van der Waals surface area contributed by atoms with Crippen molar-refractivity contribution in [3.8, 4) is 0 Å². The van der Waals surface area contributed by atoms with Crippen LogP contribution in [0.4, 0.5) is 5.13 Å². The molecule has 1 N–H and O–H groups in total. The van der Waals surface area contributed by atoms with Gasteiger partial charge in [0.05, 0.1) is 6.04 Å². The quantitative estimate of drug-likeness (QED) is 0.841. The van der Waals surface area contributed by atoms with E-state index < -0.39 is 0 Å². The molecule has 0 saturated heterocycles. The SMILES string of the molecule is CCc1nsc(NC(CCOC)c2ccc(Cl)cc2)n1. The number of ether oxygens (including phenoxy) is 1. The minimum absolute atomic E-state index is 0.143. The monoisotopic (exact) mass is 311 g/mol. The lowest BCUT2D eigenvalue weighted by Gasteiger charge is -2.18. The van der Waals surface area contributed by atoms with Crippen molar-refractivity contribution in [3.05, 3.63) is 40.7 Å². The molecule has 0 radical (unpaired) electrons. The molecule has 108 valence electrons. The molecule has 0 aliphatic heterocycles. The van der Waals surface area contributed by atoms with Crippen molar-refractivity contribution in [2.45, 2.75) is 25.8 Å². The van der Waals surface area contributed by atoms with Gasteiger partial charge in [-0.3, -0.25) is 0 Å². The highest BCUT2D eigenvalue weighted by molar-refractivity contribution is 7.09. The Kier molecular flexibility index (Phi) is 5.76. The third kappa shape index (κ3) is 4.16. The van der Waals surface area contributed by atoms with Crippen LogP contribution in [0.1, 0.15) is 30.8 Å². The smallest absolute Gasteiger partial charge is 0.203 e. The van der Waals surface area contributed by atoms with Crippen LogP contribution < -0.4 is 5.32 Å². The second kappa shape index (κ2) is 7.57. The highest BCUT2D eigenvalue weighted by atomic mass is 35.5. The second-order valence-corrected chi connectivity index (χ2v) is 5.59. The summed E-state index contributed by atoms with van der Waals surface area (Å²) in [5.41, 5.74) is 1.17. The molecule has 0 bridgehead atoms. The summed E-state index contributed by atoms with van der Waals surface area (Å²) >= 11 is 7.33. The van der Waals surface area contributed by atoms with Crippen molar-refractivity contribution in [2.24, 2.45) is 0 Å². The molecule has 1 aromatic carbocycles. The number of hydrogen-bond acceptors (Lipinski definition) is 5. The lowest BCUT2D eigenvalue weighted by atomic mass is 10.0. The Balaban J connectivity index is 2.12. The van der Waals surface area contributed by atoms with E-state index in [-0.39, 0.29) is 6.04 Å². The van der Waals surface area contributed by atoms with Crippen LogP contribution in [0.2, 0.25) is 5.02 Å². The molecule has 0 spiro atoms. The minimum Gasteiger partial charge on any atom is -0.385 e. The van der Waals surface area contributed by atoms with Gasteiger partial charge in [-0.05, 0) is 24.1 Å². The van der Waals surface area contributed by atoms with Crippen molar-refractivity contribution < 1.29 is 4.74 Å². The molecule has 2 aromatic rings. The van der Waals surface area contributed by atoms with Gasteiger partial charge in [-0.25, -0.2) is 4.98 Å². The lowest BCUT2D eigenvalue weighted by molar-refractivity contribution is 0.190. The third-order valence-electron chi connectivity index (χ3n) is 2.97. The van der Waals surface area contributed by atoms with Gasteiger partial charge in [0.1, 0.15) is 5.82 Å². The van der Waals surface area contributed by atoms with Crippen LogP contribution in [0, 0.1) is 0 Å². The van der Waals surface area contributed by atoms with E-state index in [1.165, 1.54) is 17.1 Å². The van der Waals surface area contributed by atoms with E-state index in [1.807, 2.05) is 31.2 Å². The van der Waals surface area contributed by atoms with Crippen LogP contribution in [-0.4, -0.2) is 23.1 Å². The standard InChI is InChI=1S/C14H18ClN3OS/c1-3-13-17-14(20-18-13)16-12(8-9-19-2)10-4-6-11(15)7-5-10/h4-7,12H,3,8-9H2,1-2H3,(H,16,17,18). The van der Waals surface area contributed by atoms with E-state index in [0.29, 0.717) is 6.61 Å². The van der Waals surface area contributed by atoms with Crippen LogP contribution in [0.5, 0.6) is 0 Å². The lowest BCUT2D eigenvalue weighted by Crippen LogP contribution is -2.13. The number of aromatic nitrogens is 2. The maximum Gasteiger partial charge on any atom is 0.203 e. The Morgan fingerprint density at radius 3 is 2.70 bits per heavy atom. The molecular weight excluding hydrogens is 294 g/mol. The van der Waals surface area contributed by atoms with E-state index in [9.17, 15) is 0 Å². The average Bonchev–Trinajstić information content (AvgIpc) is 2.92. The maximum atomic E-state index is 5.94. The first-order valence-corrected chi connectivity index (χ1v) is 7.71. The molecule has 0 aliphatic rings. The van der Waals surface area contributed by atoms with Gasteiger partial charge in [0.15, 0.2) is 0 Å². The van der Waals surface area contributed by atoms with Gasteiger partial charge in [-0.1, -0.05) is 30.7 Å². The predicted molar refractivity (Wildman–Crippen MR) is 83.6 cm³/mol. The average molecular weight is 312 g/mol. The summed E-state index contributed by atoms with van der Waals surface area (Å²) in [5, 5.41) is 5.01. The van der Waals surface area contributed by atoms with Gasteiger partial charge in [0, 0.05) is 36.7 Å². The van der Waals surface area contributed by atoms with Gasteiger partial charge in [0.25, 0.3) is 0 Å². The van der Waals surface area contributed by atoms with Gasteiger partial charge in [-0.2, -0.15) is 4.37 Å². The number of aryl methyl sites for hydroxylation is 1. The number of rotatable bonds is 7. The van der Waals surface area contributed by atoms with Gasteiger partial charge < -0.3 is 10.1 Å². The highest BCUT2D eigenvalue weighted by Gasteiger charge is 2.13. The van der Waals surface area contributed by atoms with Gasteiger partial charge >= 0.3 is 0 Å². The van der Waals surface area contributed by atoms with Crippen LogP contribution in [0.15, 0.2) is 24.3 Å². The van der Waals surface area contributed by atoms with E-state index in [0.717, 1.165) is 28.8 Å². The molecule has 1 atom stereocenters. The van der Waals surface area contributed by atoms with Crippen molar-refractivity contribution >= 4 is 28.3 Å². The fourth-order valence-electron chi connectivity index (χ4n) is 1.86. The molecule has 4 nitrogen and oxygen atoms in total. The molecule has 6 heteroatoms. The fourth-order valence-corrected chi connectivity index (χ4v) is 2.69. The number of nitrogens with one attached hydrogen (secondary N) is 1. The summed E-state index contributed by atoms with van der Waals surface area (Å²) in [6, 6.07) is 7.99. The Hall–Kier alpha value is -1.17. The Bertz CT molecular complexity index is 529. The Labute approximate surface area is 128 Å². The van der Waals surface area contributed by atoms with Crippen LogP contribution in [0.25, 0.3) is 0 Å². The second-order valence-electron chi connectivity index (χ2n) is 4.40. The Morgan fingerprint density at radius 1 is 1.35 bits per heavy atom. The first-order chi connectivity index (χ1) is 9.72. The summed E-state index contributed by atoms with van der Waals surface area (Å²) in [6.07, 6.45) is 1.71. The van der Waals surface area contributed by atoms with Crippen molar-refractivity contribution in [2.75, 3.05) is 19.0 Å². The van der Waals surface area contributed by atoms with Gasteiger partial charge in [-0.15, -0.1) is 0 Å². The zero-order chi connectivity index (χ0) is 14.4. The predicted octanol–water partition coefficient (Wildman–Crippen LogP) is 3.94. The van der Waals surface area contributed by atoms with Crippen LogP contribution in [0.3, 0.4) is 0 Å². The van der Waals surface area contributed by atoms with Crippen LogP contribution in [-0.2, 0) is 11.2 Å². The molecular formula is C14H18ClN3OS. The van der Waals surface area contributed by atoms with Crippen molar-refractivity contribution in [1.82, 2.24) is 9.36 Å². The first kappa shape index (κ1) is 15.2. The molecule has 1 heterocycles. The summed E-state index contributed by atoms with van der Waals surface area (Å²) in [4.78, 5) is 4.45. The van der Waals surface area contributed by atoms with E-state index in [2.05, 4.69) is 14.7 Å². The molecule has 0 aliphatic carbocycles. The molecule has 0 saturated carbocycles. The number of anilines is 1. The van der Waals surface area contributed by atoms with Crippen molar-refractivity contribution in [1.29, 1.82) is 0 Å². The fraction of sp³-hybridized carbons (Fsp3) is 0.429. The van der Waals surface area contributed by atoms with E-state index >= 15 is 0 Å². The van der Waals surface area contributed by atoms with Gasteiger partial charge in [0.2, 0.25) is 5.13 Å². The summed E-state index contributed by atoms with van der Waals surface area (Å²) in [6.45, 7) is 2.73. The topological polar surface area (TPSA) is 47.0 Å². The van der Waals surface area contributed by atoms with Crippen molar-refractivity contribution in [3.63, 3.8) is 0 Å². The largest absolute Gasteiger partial charge is 0.385 e. The molecule has 1 unspecified atom stereocenters. The Morgan fingerprint density at radius 2 is 2.10 bits per heavy atom. The van der Waals surface area contributed by atoms with E-state index in [4.69, 9.17) is 16.3 Å². The zero-order valence-electron chi connectivity index (χ0n) is 11.6. The zero-order valence-corrected chi connectivity index (χ0v) is 13.2. The molecule has 1 aromatic heterocycles. The number of nitrogens with zero attached hydrogens (tertiary/aromatic N) is 2. The number of benzene rings is 1. The molecule has 2 rings (SSSR count). The first-order valence-electron chi connectivity index (χ1n) is 6.56. The molecule has 0 fully saturated rings. The highest BCUT2D eigenvalue weighted by Crippen LogP contribution is 2.25. The summed E-state index contributed by atoms with van der Waals surface area (Å²) in [7, 11) is 1.71. The number of halogens is 1. The number of hydrogen-bond donors (Lipinski definition) is 1. The summed E-state index contributed by atoms with van der Waals surface area (Å²) < 4.78 is 9.47. The number of methoxy groups -OCH3 is 1. The minimum atomic E-state index is 0.143. The molecule has 0 amide bonds. The third-order valence-corrected chi connectivity index (χ3v) is 3.90. The summed E-state index contributed by atoms with van der Waals surface area (Å²) in [5.74, 6) is 0.874. The maximum absolute atomic E-state index is 5.94. The van der Waals surface area contributed by atoms with Crippen LogP contribution >= 0.6 is 23.1 Å².